The Morgan fingerprint density at radius 2 is 2.22 bits per heavy atom. The minimum absolute atomic E-state index is 0.0333. The Morgan fingerprint density at radius 1 is 1.43 bits per heavy atom. The topological polar surface area (TPSA) is 69.0 Å². The summed E-state index contributed by atoms with van der Waals surface area (Å²) in [6, 6.07) is 0.299. The van der Waals surface area contributed by atoms with Crippen LogP contribution in [-0.4, -0.2) is 45.7 Å². The summed E-state index contributed by atoms with van der Waals surface area (Å²) in [6.45, 7) is 5.54. The molecule has 0 spiro atoms. The van der Waals surface area contributed by atoms with Crippen molar-refractivity contribution in [3.05, 3.63) is 6.33 Å². The van der Waals surface area contributed by atoms with Crippen LogP contribution in [0.3, 0.4) is 0 Å². The highest BCUT2D eigenvalue weighted by Crippen LogP contribution is 2.20. The molecule has 1 saturated carbocycles. The van der Waals surface area contributed by atoms with Crippen molar-refractivity contribution in [2.24, 2.45) is 0 Å². The molecule has 0 aromatic carbocycles. The Morgan fingerprint density at radius 3 is 2.96 bits per heavy atom. The summed E-state index contributed by atoms with van der Waals surface area (Å²) in [4.78, 5) is 11.9. The molecule has 0 bridgehead atoms. The van der Waals surface area contributed by atoms with Crippen molar-refractivity contribution in [3.63, 3.8) is 0 Å². The van der Waals surface area contributed by atoms with Gasteiger partial charge in [-0.25, -0.2) is 0 Å². The molecule has 0 radical (unpaired) electrons. The summed E-state index contributed by atoms with van der Waals surface area (Å²) in [5, 5.41) is 11.7. The second kappa shape index (κ2) is 9.93. The third kappa shape index (κ3) is 6.51. The van der Waals surface area contributed by atoms with Crippen LogP contribution in [0.25, 0.3) is 0 Å². The maximum Gasteiger partial charge on any atom is 0.230 e. The van der Waals surface area contributed by atoms with Gasteiger partial charge in [0.25, 0.3) is 0 Å². The number of rotatable bonds is 9. The van der Waals surface area contributed by atoms with E-state index in [0.29, 0.717) is 24.4 Å². The quantitative estimate of drug-likeness (QED) is 0.553. The molecule has 0 atom stereocenters. The van der Waals surface area contributed by atoms with Gasteiger partial charge in [0, 0.05) is 19.2 Å². The Labute approximate surface area is 142 Å². The number of thioether (sulfide) groups is 1. The summed E-state index contributed by atoms with van der Waals surface area (Å²) in [5.41, 5.74) is 0. The number of hydrogen-bond acceptors (Lipinski definition) is 5. The van der Waals surface area contributed by atoms with Gasteiger partial charge in [0.1, 0.15) is 6.33 Å². The Kier molecular flexibility index (Phi) is 7.88. The summed E-state index contributed by atoms with van der Waals surface area (Å²) in [5.74, 6) is 0.403. The highest BCUT2D eigenvalue weighted by Gasteiger charge is 2.13. The molecule has 1 fully saturated rings. The van der Waals surface area contributed by atoms with E-state index < -0.39 is 0 Å². The van der Waals surface area contributed by atoms with Crippen LogP contribution >= 0.6 is 11.8 Å². The van der Waals surface area contributed by atoms with Crippen molar-refractivity contribution in [2.45, 2.75) is 69.7 Å². The first-order valence-electron chi connectivity index (χ1n) is 8.57. The maximum absolute atomic E-state index is 11.9. The van der Waals surface area contributed by atoms with E-state index in [0.717, 1.165) is 18.2 Å². The van der Waals surface area contributed by atoms with Gasteiger partial charge in [0.05, 0.1) is 11.9 Å². The van der Waals surface area contributed by atoms with Crippen molar-refractivity contribution in [1.82, 2.24) is 20.1 Å². The molecule has 2 rings (SSSR count). The number of aromatic nitrogens is 3. The van der Waals surface area contributed by atoms with Crippen LogP contribution in [-0.2, 0) is 9.53 Å². The van der Waals surface area contributed by atoms with Crippen LogP contribution in [0, 0.1) is 0 Å². The van der Waals surface area contributed by atoms with E-state index >= 15 is 0 Å². The van der Waals surface area contributed by atoms with Gasteiger partial charge in [0.15, 0.2) is 5.16 Å². The molecule has 6 nitrogen and oxygen atoms in total. The Bertz CT molecular complexity index is 472. The molecule has 130 valence electrons. The molecule has 0 aliphatic heterocycles. The third-order valence-corrected chi connectivity index (χ3v) is 4.94. The minimum Gasteiger partial charge on any atom is -0.378 e. The van der Waals surface area contributed by atoms with E-state index in [2.05, 4.69) is 29.4 Å². The predicted octanol–water partition coefficient (Wildman–Crippen LogP) is 2.81. The number of amides is 1. The van der Waals surface area contributed by atoms with Gasteiger partial charge in [-0.2, -0.15) is 0 Å². The normalized spacial score (nSPS) is 16.0. The summed E-state index contributed by atoms with van der Waals surface area (Å²) in [7, 11) is 0. The molecule has 7 heteroatoms. The van der Waals surface area contributed by atoms with E-state index in [4.69, 9.17) is 4.74 Å². The van der Waals surface area contributed by atoms with Gasteiger partial charge in [-0.15, -0.1) is 10.2 Å². The molecular formula is C16H28N4O2S. The molecule has 1 N–H and O–H groups in total. The van der Waals surface area contributed by atoms with Gasteiger partial charge in [0.2, 0.25) is 5.91 Å². The van der Waals surface area contributed by atoms with Crippen molar-refractivity contribution in [2.75, 3.05) is 18.9 Å². The lowest BCUT2D eigenvalue weighted by Crippen LogP contribution is -2.27. The van der Waals surface area contributed by atoms with E-state index in [1.54, 1.807) is 6.33 Å². The van der Waals surface area contributed by atoms with Crippen LogP contribution in [0.1, 0.15) is 58.4 Å². The molecule has 1 aliphatic rings. The average Bonchev–Trinajstić information content (AvgIpc) is 3.02. The van der Waals surface area contributed by atoms with Gasteiger partial charge in [-0.05, 0) is 33.1 Å². The summed E-state index contributed by atoms with van der Waals surface area (Å²) in [6.07, 6.45) is 9.33. The van der Waals surface area contributed by atoms with E-state index in [1.807, 2.05) is 4.57 Å². The van der Waals surface area contributed by atoms with Crippen LogP contribution in [0.5, 0.6) is 0 Å². The monoisotopic (exact) mass is 340 g/mol. The smallest absolute Gasteiger partial charge is 0.230 e. The zero-order valence-corrected chi connectivity index (χ0v) is 15.0. The number of ether oxygens (including phenoxy) is 1. The second-order valence-electron chi connectivity index (χ2n) is 6.24. The zero-order chi connectivity index (χ0) is 16.5. The lowest BCUT2D eigenvalue weighted by Gasteiger charge is -2.21. The standard InChI is InChI=1S/C16H28N4O2S/c1-13(2)20-12-18-19-16(20)23-11-15(21)17-9-6-10-22-14-7-4-3-5-8-14/h12-14H,3-11H2,1-2H3,(H,17,21). The van der Waals surface area contributed by atoms with Gasteiger partial charge in [-0.3, -0.25) is 4.79 Å². The lowest BCUT2D eigenvalue weighted by atomic mass is 9.98. The molecule has 1 aromatic heterocycles. The Balaban J connectivity index is 1.54. The van der Waals surface area contributed by atoms with Crippen molar-refractivity contribution in [1.29, 1.82) is 0 Å². The molecule has 1 aromatic rings. The molecular weight excluding hydrogens is 312 g/mol. The SMILES string of the molecule is CC(C)n1cnnc1SCC(=O)NCCCOC1CCCCC1. The van der Waals surface area contributed by atoms with Crippen LogP contribution in [0.4, 0.5) is 0 Å². The molecule has 1 amide bonds. The number of nitrogens with zero attached hydrogens (tertiary/aromatic N) is 3. The van der Waals surface area contributed by atoms with Crippen LogP contribution in [0.2, 0.25) is 0 Å². The molecule has 0 unspecified atom stereocenters. The maximum atomic E-state index is 11.9. The van der Waals surface area contributed by atoms with Crippen molar-refractivity contribution < 1.29 is 9.53 Å². The number of carbonyl (C=O) groups is 1. The minimum atomic E-state index is 0.0333. The van der Waals surface area contributed by atoms with E-state index in [1.165, 1.54) is 43.9 Å². The zero-order valence-electron chi connectivity index (χ0n) is 14.2. The van der Waals surface area contributed by atoms with Crippen LogP contribution < -0.4 is 5.32 Å². The van der Waals surface area contributed by atoms with Crippen molar-refractivity contribution in [3.8, 4) is 0 Å². The average molecular weight is 340 g/mol. The largest absolute Gasteiger partial charge is 0.378 e. The molecule has 23 heavy (non-hydrogen) atoms. The second-order valence-corrected chi connectivity index (χ2v) is 7.18. The first-order valence-corrected chi connectivity index (χ1v) is 9.56. The fourth-order valence-corrected chi connectivity index (χ4v) is 3.53. The molecule has 1 heterocycles. The van der Waals surface area contributed by atoms with E-state index in [-0.39, 0.29) is 5.91 Å². The fourth-order valence-electron chi connectivity index (χ4n) is 2.65. The first kappa shape index (κ1) is 18.3. The molecule has 0 saturated heterocycles. The summed E-state index contributed by atoms with van der Waals surface area (Å²) < 4.78 is 7.82. The van der Waals surface area contributed by atoms with Gasteiger partial charge in [-0.1, -0.05) is 31.0 Å². The summed E-state index contributed by atoms with van der Waals surface area (Å²) >= 11 is 1.42. The van der Waals surface area contributed by atoms with Gasteiger partial charge >= 0.3 is 0 Å². The fraction of sp³-hybridized carbons (Fsp3) is 0.812. The number of carbonyl (C=O) groups excluding carboxylic acids is 1. The van der Waals surface area contributed by atoms with Crippen molar-refractivity contribution >= 4 is 17.7 Å². The number of nitrogens with one attached hydrogen (secondary N) is 1. The number of hydrogen-bond donors (Lipinski definition) is 1. The van der Waals surface area contributed by atoms with Gasteiger partial charge < -0.3 is 14.6 Å². The highest BCUT2D eigenvalue weighted by molar-refractivity contribution is 7.99. The first-order chi connectivity index (χ1) is 11.2. The third-order valence-electron chi connectivity index (χ3n) is 3.98. The predicted molar refractivity (Wildman–Crippen MR) is 91.6 cm³/mol. The molecule has 1 aliphatic carbocycles. The highest BCUT2D eigenvalue weighted by atomic mass is 32.2. The lowest BCUT2D eigenvalue weighted by molar-refractivity contribution is -0.118. The van der Waals surface area contributed by atoms with Crippen LogP contribution in [0.15, 0.2) is 11.5 Å². The van der Waals surface area contributed by atoms with E-state index in [9.17, 15) is 4.79 Å². The Hall–Kier alpha value is -1.08.